The number of hydrogen-bond donors (Lipinski definition) is 0. The molecule has 18 heavy (non-hydrogen) atoms. The molecule has 0 rings (SSSR count). The third-order valence-corrected chi connectivity index (χ3v) is 2.99. The molecular formula is C8H6F9I. The van der Waals surface area contributed by atoms with Crippen molar-refractivity contribution in [2.75, 3.05) is 0 Å². The Hall–Kier alpha value is -0.160. The van der Waals surface area contributed by atoms with Crippen molar-refractivity contribution >= 4 is 22.6 Å². The van der Waals surface area contributed by atoms with Gasteiger partial charge >= 0.3 is 18.3 Å². The summed E-state index contributed by atoms with van der Waals surface area (Å²) in [6, 6.07) is 0. The van der Waals surface area contributed by atoms with Crippen LogP contribution in [0, 0.1) is 0 Å². The van der Waals surface area contributed by atoms with Crippen LogP contribution in [0.15, 0.2) is 9.66 Å². The highest BCUT2D eigenvalue weighted by Crippen LogP contribution is 2.54. The predicted octanol–water partition coefficient (Wildman–Crippen LogP) is 5.18. The van der Waals surface area contributed by atoms with Crippen molar-refractivity contribution in [3.8, 4) is 0 Å². The molecule has 0 spiro atoms. The van der Waals surface area contributed by atoms with Gasteiger partial charge in [0.15, 0.2) is 0 Å². The summed E-state index contributed by atoms with van der Waals surface area (Å²) in [6.45, 7) is 1.18. The predicted molar refractivity (Wildman–Crippen MR) is 53.3 cm³/mol. The van der Waals surface area contributed by atoms with Crippen molar-refractivity contribution in [3.05, 3.63) is 9.66 Å². The lowest BCUT2D eigenvalue weighted by Crippen LogP contribution is -2.61. The van der Waals surface area contributed by atoms with Crippen molar-refractivity contribution in [1.82, 2.24) is 0 Å². The van der Waals surface area contributed by atoms with E-state index in [9.17, 15) is 39.5 Å². The number of rotatable bonds is 3. The van der Waals surface area contributed by atoms with Crippen LogP contribution >= 0.6 is 22.6 Å². The molecule has 0 aliphatic carbocycles. The van der Waals surface area contributed by atoms with Crippen LogP contribution in [0.5, 0.6) is 0 Å². The molecular weight excluding hydrogens is 394 g/mol. The Kier molecular flexibility index (Phi) is 5.03. The molecule has 0 nitrogen and oxygen atoms in total. The van der Waals surface area contributed by atoms with Gasteiger partial charge in [-0.05, 0) is 38.7 Å². The fourth-order valence-corrected chi connectivity index (χ4v) is 1.30. The van der Waals surface area contributed by atoms with Crippen LogP contribution in [0.3, 0.4) is 0 Å². The molecule has 0 aliphatic heterocycles. The summed E-state index contributed by atoms with van der Waals surface area (Å²) in [5, 5.41) is 0. The Bertz CT molecular complexity index is 326. The SMILES string of the molecule is CCC(I)=CC(F)(C(F)(F)F)C(F)(F)C(F)(F)F. The Morgan fingerprint density at radius 2 is 1.28 bits per heavy atom. The summed E-state index contributed by atoms with van der Waals surface area (Å²) >= 11 is 1.06. The van der Waals surface area contributed by atoms with Crippen LogP contribution in [0.4, 0.5) is 39.5 Å². The van der Waals surface area contributed by atoms with Crippen molar-refractivity contribution < 1.29 is 39.5 Å². The van der Waals surface area contributed by atoms with Gasteiger partial charge in [-0.3, -0.25) is 0 Å². The third-order valence-electron chi connectivity index (χ3n) is 1.92. The van der Waals surface area contributed by atoms with Gasteiger partial charge in [0, 0.05) is 0 Å². The van der Waals surface area contributed by atoms with Gasteiger partial charge in [0.2, 0.25) is 0 Å². The fraction of sp³-hybridized carbons (Fsp3) is 0.750. The maximum Gasteiger partial charge on any atom is 0.457 e. The maximum atomic E-state index is 13.3. The summed E-state index contributed by atoms with van der Waals surface area (Å²) in [5.74, 6) is -6.57. The van der Waals surface area contributed by atoms with Gasteiger partial charge in [0.05, 0.1) is 0 Å². The van der Waals surface area contributed by atoms with E-state index in [4.69, 9.17) is 0 Å². The third kappa shape index (κ3) is 3.05. The zero-order chi connectivity index (χ0) is 15.0. The van der Waals surface area contributed by atoms with Crippen LogP contribution in [-0.2, 0) is 0 Å². The highest BCUT2D eigenvalue weighted by atomic mass is 127. The van der Waals surface area contributed by atoms with E-state index in [-0.39, 0.29) is 6.42 Å². The molecule has 10 heteroatoms. The lowest BCUT2D eigenvalue weighted by molar-refractivity contribution is -0.369. The van der Waals surface area contributed by atoms with E-state index >= 15 is 0 Å². The van der Waals surface area contributed by atoms with Crippen molar-refractivity contribution in [1.29, 1.82) is 0 Å². The highest BCUT2D eigenvalue weighted by Gasteiger charge is 2.80. The molecule has 108 valence electrons. The van der Waals surface area contributed by atoms with E-state index < -0.39 is 33.6 Å². The average Bonchev–Trinajstić information content (AvgIpc) is 2.13. The fourth-order valence-electron chi connectivity index (χ4n) is 0.875. The molecule has 1 atom stereocenters. The first-order valence-electron chi connectivity index (χ1n) is 4.28. The monoisotopic (exact) mass is 400 g/mol. The molecule has 0 aromatic rings. The first-order valence-corrected chi connectivity index (χ1v) is 5.36. The Morgan fingerprint density at radius 1 is 0.889 bits per heavy atom. The second-order valence-electron chi connectivity index (χ2n) is 3.23. The molecule has 0 radical (unpaired) electrons. The Labute approximate surface area is 109 Å². The zero-order valence-corrected chi connectivity index (χ0v) is 10.7. The Morgan fingerprint density at radius 3 is 1.50 bits per heavy atom. The Balaban J connectivity index is 5.97. The van der Waals surface area contributed by atoms with Gasteiger partial charge in [-0.25, -0.2) is 4.39 Å². The van der Waals surface area contributed by atoms with E-state index in [0.29, 0.717) is 0 Å². The van der Waals surface area contributed by atoms with E-state index in [0.717, 1.165) is 22.6 Å². The molecule has 0 fully saturated rings. The summed E-state index contributed by atoms with van der Waals surface area (Å²) in [4.78, 5) is 0. The number of allylic oxidation sites excluding steroid dienone is 2. The molecule has 0 aromatic carbocycles. The van der Waals surface area contributed by atoms with Crippen molar-refractivity contribution in [2.24, 2.45) is 0 Å². The van der Waals surface area contributed by atoms with Gasteiger partial charge in [0.1, 0.15) is 0 Å². The van der Waals surface area contributed by atoms with Crippen LogP contribution in [0.2, 0.25) is 0 Å². The van der Waals surface area contributed by atoms with Crippen LogP contribution < -0.4 is 0 Å². The minimum Gasteiger partial charge on any atom is -0.222 e. The number of hydrogen-bond acceptors (Lipinski definition) is 0. The van der Waals surface area contributed by atoms with Crippen molar-refractivity contribution in [2.45, 2.75) is 37.3 Å². The molecule has 0 amide bonds. The normalized spacial score (nSPS) is 18.7. The molecule has 0 heterocycles. The summed E-state index contributed by atoms with van der Waals surface area (Å²) < 4.78 is 110. The van der Waals surface area contributed by atoms with Crippen LogP contribution in [0.25, 0.3) is 0 Å². The van der Waals surface area contributed by atoms with Gasteiger partial charge < -0.3 is 0 Å². The first kappa shape index (κ1) is 17.8. The lowest BCUT2D eigenvalue weighted by Gasteiger charge is -2.33. The second-order valence-corrected chi connectivity index (χ2v) is 4.61. The van der Waals surface area contributed by atoms with Gasteiger partial charge in [-0.1, -0.05) is 6.92 Å². The smallest absolute Gasteiger partial charge is 0.222 e. The summed E-state index contributed by atoms with van der Waals surface area (Å²) in [6.07, 6.45) is -14.1. The molecule has 0 saturated heterocycles. The van der Waals surface area contributed by atoms with Crippen molar-refractivity contribution in [3.63, 3.8) is 0 Å². The topological polar surface area (TPSA) is 0 Å². The molecule has 0 saturated carbocycles. The number of alkyl halides is 9. The van der Waals surface area contributed by atoms with Crippen LogP contribution in [0.1, 0.15) is 13.3 Å². The van der Waals surface area contributed by atoms with Gasteiger partial charge in [-0.15, -0.1) is 0 Å². The van der Waals surface area contributed by atoms with Crippen LogP contribution in [-0.4, -0.2) is 23.9 Å². The second kappa shape index (κ2) is 5.08. The number of halogens is 10. The lowest BCUT2D eigenvalue weighted by atomic mass is 9.95. The van der Waals surface area contributed by atoms with E-state index in [2.05, 4.69) is 0 Å². The molecule has 0 aromatic heterocycles. The van der Waals surface area contributed by atoms with Gasteiger partial charge in [-0.2, -0.15) is 35.1 Å². The maximum absolute atomic E-state index is 13.3. The van der Waals surface area contributed by atoms with Gasteiger partial charge in [0.25, 0.3) is 5.67 Å². The quantitative estimate of drug-likeness (QED) is 0.453. The van der Waals surface area contributed by atoms with E-state index in [1.54, 1.807) is 0 Å². The standard InChI is InChI=1S/C8H6F9I/c1-2-4(18)3-5(9,7(12,13)14)6(10,11)8(15,16)17/h3H,2H2,1H3. The molecule has 0 N–H and O–H groups in total. The minimum absolute atomic E-state index is 0.309. The van der Waals surface area contributed by atoms with E-state index in [1.807, 2.05) is 0 Å². The summed E-state index contributed by atoms with van der Waals surface area (Å²) in [5.41, 5.74) is -5.79. The largest absolute Gasteiger partial charge is 0.457 e. The highest BCUT2D eigenvalue weighted by molar-refractivity contribution is 14.1. The average molecular weight is 400 g/mol. The zero-order valence-electron chi connectivity index (χ0n) is 8.56. The van der Waals surface area contributed by atoms with E-state index in [1.165, 1.54) is 6.92 Å². The molecule has 1 unspecified atom stereocenters. The summed E-state index contributed by atoms with van der Waals surface area (Å²) in [7, 11) is 0. The first-order chi connectivity index (χ1) is 7.70. The molecule has 0 bridgehead atoms. The molecule has 0 aliphatic rings. The minimum atomic E-state index is -6.65.